The highest BCUT2D eigenvalue weighted by Crippen LogP contribution is 2.37. The third-order valence-corrected chi connectivity index (χ3v) is 8.46. The van der Waals surface area contributed by atoms with E-state index in [1.54, 1.807) is 0 Å². The lowest BCUT2D eigenvalue weighted by Gasteiger charge is -2.36. The first-order chi connectivity index (χ1) is 10.5. The molecule has 0 saturated heterocycles. The Bertz CT molecular complexity index is 468. The van der Waals surface area contributed by atoms with Crippen LogP contribution in [0.5, 0.6) is 0 Å². The molecule has 1 aromatic carbocycles. The summed E-state index contributed by atoms with van der Waals surface area (Å²) in [6.07, 6.45) is 0.770. The summed E-state index contributed by atoms with van der Waals surface area (Å²) in [5.74, 6) is -0.773. The fourth-order valence-corrected chi connectivity index (χ4v) is 2.31. The van der Waals surface area contributed by atoms with E-state index in [-0.39, 0.29) is 11.5 Å². The second-order valence-electron chi connectivity index (χ2n) is 7.08. The molecule has 0 amide bonds. The molecule has 0 spiro atoms. The summed E-state index contributed by atoms with van der Waals surface area (Å²) in [4.78, 5) is 9.70. The molecule has 0 unspecified atom stereocenters. The number of hydrogen-bond donors (Lipinski definition) is 3. The van der Waals surface area contributed by atoms with E-state index in [0.717, 1.165) is 5.69 Å². The summed E-state index contributed by atoms with van der Waals surface area (Å²) in [7, 11) is -1.63. The molecule has 5 N–H and O–H groups in total. The fourth-order valence-electron chi connectivity index (χ4n) is 1.35. The summed E-state index contributed by atoms with van der Waals surface area (Å²) >= 11 is 0. The van der Waals surface area contributed by atoms with Crippen molar-refractivity contribution in [2.45, 2.75) is 58.4 Å². The molecule has 0 bridgehead atoms. The molecule has 1 aromatic rings. The van der Waals surface area contributed by atoms with E-state index in [9.17, 15) is 4.79 Å². The molecule has 0 atom stereocenters. The Balaban J connectivity index is 0.000000585. The van der Waals surface area contributed by atoms with Crippen molar-refractivity contribution in [1.29, 1.82) is 0 Å². The molecule has 0 radical (unpaired) electrons. The topological polar surface area (TPSA) is 98.6 Å². The summed E-state index contributed by atoms with van der Waals surface area (Å²) < 4.78 is 6.12. The lowest BCUT2D eigenvalue weighted by atomic mass is 10.2. The van der Waals surface area contributed by atoms with Crippen LogP contribution in [0.2, 0.25) is 18.1 Å². The van der Waals surface area contributed by atoms with Crippen LogP contribution in [0.1, 0.15) is 39.2 Å². The number of hydrogen-bond acceptors (Lipinski definition) is 4. The van der Waals surface area contributed by atoms with Crippen LogP contribution >= 0.6 is 0 Å². The molecule has 0 aliphatic heterocycles. The van der Waals surface area contributed by atoms with Crippen LogP contribution < -0.4 is 11.5 Å². The van der Waals surface area contributed by atoms with Crippen LogP contribution in [0.25, 0.3) is 0 Å². The Hall–Kier alpha value is -1.37. The number of carboxylic acid groups (broad SMARTS) is 1. The predicted octanol–water partition coefficient (Wildman–Crippen LogP) is 3.60. The lowest BCUT2D eigenvalue weighted by molar-refractivity contribution is -0.137. The van der Waals surface area contributed by atoms with Gasteiger partial charge >= 0.3 is 5.97 Å². The van der Waals surface area contributed by atoms with Gasteiger partial charge in [-0.3, -0.25) is 4.79 Å². The first-order valence-electron chi connectivity index (χ1n) is 7.90. The van der Waals surface area contributed by atoms with Gasteiger partial charge in [0.1, 0.15) is 0 Å². The van der Waals surface area contributed by atoms with E-state index >= 15 is 0 Å². The number of carbonyl (C=O) groups is 1. The number of aliphatic carboxylic acids is 1. The zero-order valence-corrected chi connectivity index (χ0v) is 16.1. The molecule has 0 saturated carbocycles. The van der Waals surface area contributed by atoms with Crippen LogP contribution in [-0.2, 0) is 15.8 Å². The summed E-state index contributed by atoms with van der Waals surface area (Å²) in [5.41, 5.74) is 12.7. The number of rotatable bonds is 6. The van der Waals surface area contributed by atoms with E-state index in [4.69, 9.17) is 21.0 Å². The maximum Gasteiger partial charge on any atom is 0.303 e. The van der Waals surface area contributed by atoms with E-state index in [0.29, 0.717) is 19.6 Å². The van der Waals surface area contributed by atoms with Crippen molar-refractivity contribution in [2.75, 3.05) is 12.3 Å². The van der Waals surface area contributed by atoms with Crippen molar-refractivity contribution >= 4 is 20.0 Å². The molecule has 6 heteroatoms. The number of nitrogens with two attached hydrogens (primary N) is 2. The van der Waals surface area contributed by atoms with Crippen LogP contribution in [0.4, 0.5) is 5.69 Å². The van der Waals surface area contributed by atoms with Gasteiger partial charge in [-0.05, 0) is 48.8 Å². The maximum absolute atomic E-state index is 9.70. The Kier molecular flexibility index (Phi) is 9.12. The molecular formula is C17H32N2O3Si. The molecule has 23 heavy (non-hydrogen) atoms. The van der Waals surface area contributed by atoms with Gasteiger partial charge in [0.15, 0.2) is 8.32 Å². The highest BCUT2D eigenvalue weighted by molar-refractivity contribution is 6.74. The van der Waals surface area contributed by atoms with Crippen molar-refractivity contribution in [3.8, 4) is 0 Å². The summed E-state index contributed by atoms with van der Waals surface area (Å²) in [5, 5.41) is 8.25. The Morgan fingerprint density at radius 2 is 1.74 bits per heavy atom. The van der Waals surface area contributed by atoms with E-state index in [1.807, 2.05) is 24.3 Å². The van der Waals surface area contributed by atoms with Crippen LogP contribution in [0.3, 0.4) is 0 Å². The van der Waals surface area contributed by atoms with Gasteiger partial charge in [0.2, 0.25) is 0 Å². The highest BCUT2D eigenvalue weighted by Gasteiger charge is 2.36. The number of anilines is 1. The first kappa shape index (κ1) is 21.6. The zero-order chi connectivity index (χ0) is 18.1. The molecule has 0 heterocycles. The van der Waals surface area contributed by atoms with Gasteiger partial charge in [-0.2, -0.15) is 0 Å². The molecule has 5 nitrogen and oxygen atoms in total. The van der Waals surface area contributed by atoms with Gasteiger partial charge < -0.3 is 21.0 Å². The van der Waals surface area contributed by atoms with Crippen LogP contribution in [0.15, 0.2) is 24.3 Å². The van der Waals surface area contributed by atoms with Gasteiger partial charge in [0.05, 0.1) is 6.61 Å². The molecule has 132 valence electrons. The number of benzene rings is 1. The van der Waals surface area contributed by atoms with Crippen molar-refractivity contribution in [2.24, 2.45) is 5.73 Å². The third kappa shape index (κ3) is 9.38. The first-order valence-corrected chi connectivity index (χ1v) is 10.8. The summed E-state index contributed by atoms with van der Waals surface area (Å²) in [6.45, 7) is 12.4. The monoisotopic (exact) mass is 340 g/mol. The minimum absolute atomic E-state index is 0.191. The quantitative estimate of drug-likeness (QED) is 0.543. The molecule has 0 aromatic heterocycles. The largest absolute Gasteiger partial charge is 0.481 e. The van der Waals surface area contributed by atoms with Crippen LogP contribution in [-0.4, -0.2) is 25.9 Å². The average molecular weight is 341 g/mol. The SMILES string of the molecule is CC(C)(C)[Si](C)(C)OCc1ccc(N)cc1.NCCCC(=O)O. The summed E-state index contributed by atoms with van der Waals surface area (Å²) in [6, 6.07) is 7.90. The van der Waals surface area contributed by atoms with Gasteiger partial charge in [0.25, 0.3) is 0 Å². The van der Waals surface area contributed by atoms with Crippen molar-refractivity contribution in [3.05, 3.63) is 29.8 Å². The van der Waals surface area contributed by atoms with Crippen molar-refractivity contribution in [1.82, 2.24) is 0 Å². The molecule has 0 fully saturated rings. The van der Waals surface area contributed by atoms with Gasteiger partial charge in [-0.1, -0.05) is 32.9 Å². The second-order valence-corrected chi connectivity index (χ2v) is 11.9. The van der Waals surface area contributed by atoms with E-state index in [1.165, 1.54) is 5.56 Å². The van der Waals surface area contributed by atoms with Crippen molar-refractivity contribution in [3.63, 3.8) is 0 Å². The predicted molar refractivity (Wildman–Crippen MR) is 98.8 cm³/mol. The second kappa shape index (κ2) is 9.70. The normalized spacial score (nSPS) is 11.6. The Morgan fingerprint density at radius 1 is 1.22 bits per heavy atom. The number of nitrogen functional groups attached to an aromatic ring is 1. The standard InChI is InChI=1S/C13H23NOSi.C4H9NO2/c1-13(2,3)16(4,5)15-10-11-6-8-12(14)9-7-11;5-3-1-2-4(6)7/h6-9H,10,14H2,1-5H3;1-3,5H2,(H,6,7). The van der Waals surface area contributed by atoms with Gasteiger partial charge in [0, 0.05) is 12.1 Å². The van der Waals surface area contributed by atoms with Crippen molar-refractivity contribution < 1.29 is 14.3 Å². The molecule has 1 rings (SSSR count). The molecular weight excluding hydrogens is 308 g/mol. The lowest BCUT2D eigenvalue weighted by Crippen LogP contribution is -2.40. The van der Waals surface area contributed by atoms with E-state index in [2.05, 4.69) is 33.9 Å². The van der Waals surface area contributed by atoms with Gasteiger partial charge in [-0.25, -0.2) is 0 Å². The Morgan fingerprint density at radius 3 is 2.09 bits per heavy atom. The van der Waals surface area contributed by atoms with Crippen LogP contribution in [0, 0.1) is 0 Å². The van der Waals surface area contributed by atoms with E-state index < -0.39 is 14.3 Å². The average Bonchev–Trinajstić information content (AvgIpc) is 2.44. The molecule has 0 aliphatic carbocycles. The zero-order valence-electron chi connectivity index (χ0n) is 15.1. The third-order valence-electron chi connectivity index (χ3n) is 3.98. The number of carboxylic acids is 1. The maximum atomic E-state index is 9.70. The molecule has 0 aliphatic rings. The minimum Gasteiger partial charge on any atom is -0.481 e. The Labute approximate surface area is 141 Å². The van der Waals surface area contributed by atoms with Gasteiger partial charge in [-0.15, -0.1) is 0 Å². The fraction of sp³-hybridized carbons (Fsp3) is 0.588. The minimum atomic E-state index is -1.63. The smallest absolute Gasteiger partial charge is 0.303 e. The highest BCUT2D eigenvalue weighted by atomic mass is 28.4.